The second-order valence-corrected chi connectivity index (χ2v) is 11.1. The number of hydrogen-bond donors (Lipinski definition) is 2. The van der Waals surface area contributed by atoms with E-state index in [0.29, 0.717) is 33.3 Å². The van der Waals surface area contributed by atoms with Crippen LogP contribution in [0.25, 0.3) is 15.9 Å². The van der Waals surface area contributed by atoms with Gasteiger partial charge in [0.2, 0.25) is 5.91 Å². The number of amides is 2. The number of benzene rings is 3. The van der Waals surface area contributed by atoms with Crippen LogP contribution < -0.4 is 15.4 Å². The van der Waals surface area contributed by atoms with Crippen molar-refractivity contribution >= 4 is 73.5 Å². The molecule has 13 heteroatoms. The molecule has 0 atom stereocenters. The third-order valence-electron chi connectivity index (χ3n) is 5.56. The average Bonchev–Trinajstić information content (AvgIpc) is 3.54. The van der Waals surface area contributed by atoms with E-state index in [4.69, 9.17) is 27.9 Å². The molecule has 0 saturated heterocycles. The van der Waals surface area contributed by atoms with Gasteiger partial charge in [0.1, 0.15) is 5.75 Å². The highest BCUT2D eigenvalue weighted by Crippen LogP contribution is 2.27. The standard InChI is InChI=1S/C27H22Cl2N6O3S2/c1-2-38-18-10-8-17(9-11-18)35-23(14-30-25(37)19-12-7-16(28)13-20(19)29)33-34-27(35)39-15-24(36)32-26-31-21-5-3-4-6-22(21)40-26/h3-13H,2,14-15H2,1H3,(H,30,37)(H,31,32,36). The van der Waals surface area contributed by atoms with Crippen molar-refractivity contribution in [3.63, 3.8) is 0 Å². The summed E-state index contributed by atoms with van der Waals surface area (Å²) in [7, 11) is 0. The lowest BCUT2D eigenvalue weighted by Gasteiger charge is -2.12. The van der Waals surface area contributed by atoms with Crippen LogP contribution in [0.1, 0.15) is 23.1 Å². The van der Waals surface area contributed by atoms with Crippen LogP contribution >= 0.6 is 46.3 Å². The zero-order valence-electron chi connectivity index (χ0n) is 21.1. The van der Waals surface area contributed by atoms with Crippen molar-refractivity contribution < 1.29 is 14.3 Å². The molecule has 0 aliphatic rings. The van der Waals surface area contributed by atoms with E-state index < -0.39 is 0 Å². The molecular formula is C27H22Cl2N6O3S2. The Labute approximate surface area is 247 Å². The van der Waals surface area contributed by atoms with Crippen molar-refractivity contribution in [3.05, 3.63) is 88.2 Å². The highest BCUT2D eigenvalue weighted by atomic mass is 35.5. The average molecular weight is 614 g/mol. The van der Waals surface area contributed by atoms with Crippen molar-refractivity contribution in [1.82, 2.24) is 25.1 Å². The molecule has 3 aromatic carbocycles. The molecule has 0 aliphatic heterocycles. The Morgan fingerprint density at radius 1 is 1.05 bits per heavy atom. The molecule has 2 N–H and O–H groups in total. The van der Waals surface area contributed by atoms with E-state index in [9.17, 15) is 9.59 Å². The van der Waals surface area contributed by atoms with Gasteiger partial charge in [-0.05, 0) is 61.5 Å². The molecule has 204 valence electrons. The van der Waals surface area contributed by atoms with Crippen LogP contribution in [0.5, 0.6) is 5.75 Å². The van der Waals surface area contributed by atoms with Gasteiger partial charge in [-0.15, -0.1) is 10.2 Å². The number of aromatic nitrogens is 4. The van der Waals surface area contributed by atoms with E-state index in [1.165, 1.54) is 29.2 Å². The van der Waals surface area contributed by atoms with E-state index >= 15 is 0 Å². The molecule has 9 nitrogen and oxygen atoms in total. The van der Waals surface area contributed by atoms with Crippen LogP contribution in [0, 0.1) is 0 Å². The minimum atomic E-state index is -0.382. The van der Waals surface area contributed by atoms with Crippen molar-refractivity contribution in [3.8, 4) is 11.4 Å². The normalized spacial score (nSPS) is 11.0. The number of rotatable bonds is 10. The van der Waals surface area contributed by atoms with Crippen molar-refractivity contribution in [2.75, 3.05) is 17.7 Å². The summed E-state index contributed by atoms with van der Waals surface area (Å²) in [6.45, 7) is 2.52. The smallest absolute Gasteiger partial charge is 0.253 e. The first kappa shape index (κ1) is 27.9. The molecule has 2 amide bonds. The fraction of sp³-hybridized carbons (Fsp3) is 0.148. The third kappa shape index (κ3) is 6.56. The molecule has 0 spiro atoms. The number of anilines is 1. The number of ether oxygens (including phenoxy) is 1. The van der Waals surface area contributed by atoms with Crippen molar-refractivity contribution in [1.29, 1.82) is 0 Å². The molecule has 40 heavy (non-hydrogen) atoms. The second kappa shape index (κ2) is 12.7. The van der Waals surface area contributed by atoms with Crippen LogP contribution in [0.2, 0.25) is 10.0 Å². The first-order valence-corrected chi connectivity index (χ1v) is 14.7. The Hall–Kier alpha value is -3.64. The lowest BCUT2D eigenvalue weighted by molar-refractivity contribution is -0.113. The summed E-state index contributed by atoms with van der Waals surface area (Å²) in [6.07, 6.45) is 0. The first-order chi connectivity index (χ1) is 19.4. The van der Waals surface area contributed by atoms with Gasteiger partial charge in [-0.25, -0.2) is 4.98 Å². The number of thiazole rings is 1. The van der Waals surface area contributed by atoms with E-state index in [1.54, 1.807) is 16.7 Å². The summed E-state index contributed by atoms with van der Waals surface area (Å²) < 4.78 is 8.34. The molecule has 0 radical (unpaired) electrons. The summed E-state index contributed by atoms with van der Waals surface area (Å²) in [5.41, 5.74) is 1.87. The molecule has 0 bridgehead atoms. The number of carbonyl (C=O) groups excluding carboxylic acids is 2. The van der Waals surface area contributed by atoms with E-state index in [0.717, 1.165) is 21.7 Å². The number of thioether (sulfide) groups is 1. The molecule has 2 aromatic heterocycles. The molecule has 0 saturated carbocycles. The van der Waals surface area contributed by atoms with Gasteiger partial charge in [-0.3, -0.25) is 14.2 Å². The molecule has 2 heterocycles. The zero-order chi connectivity index (χ0) is 28.1. The second-order valence-electron chi connectivity index (χ2n) is 8.29. The molecule has 0 unspecified atom stereocenters. The number of carbonyl (C=O) groups is 2. The number of nitrogens with zero attached hydrogens (tertiary/aromatic N) is 4. The van der Waals surface area contributed by atoms with E-state index in [1.807, 2.05) is 55.5 Å². The van der Waals surface area contributed by atoms with Gasteiger partial charge in [-0.2, -0.15) is 0 Å². The lowest BCUT2D eigenvalue weighted by atomic mass is 10.2. The fourth-order valence-corrected chi connectivity index (χ4v) is 5.91. The highest BCUT2D eigenvalue weighted by Gasteiger charge is 2.19. The number of nitrogens with one attached hydrogen (secondary N) is 2. The zero-order valence-corrected chi connectivity index (χ0v) is 24.2. The Kier molecular flexibility index (Phi) is 8.85. The maximum atomic E-state index is 12.8. The Balaban J connectivity index is 1.33. The quantitative estimate of drug-likeness (QED) is 0.179. The largest absolute Gasteiger partial charge is 0.494 e. The van der Waals surface area contributed by atoms with Crippen LogP contribution in [-0.4, -0.2) is 43.9 Å². The first-order valence-electron chi connectivity index (χ1n) is 12.1. The van der Waals surface area contributed by atoms with E-state index in [-0.39, 0.29) is 29.1 Å². The number of para-hydroxylation sites is 1. The van der Waals surface area contributed by atoms with Gasteiger partial charge in [0.15, 0.2) is 16.1 Å². The molecule has 0 aliphatic carbocycles. The summed E-state index contributed by atoms with van der Waals surface area (Å²) in [6, 6.07) is 19.7. The molecular weight excluding hydrogens is 591 g/mol. The Morgan fingerprint density at radius 2 is 1.85 bits per heavy atom. The van der Waals surface area contributed by atoms with Crippen molar-refractivity contribution in [2.45, 2.75) is 18.6 Å². The molecule has 5 aromatic rings. The van der Waals surface area contributed by atoms with Crippen LogP contribution in [0.3, 0.4) is 0 Å². The van der Waals surface area contributed by atoms with Crippen LogP contribution in [0.15, 0.2) is 71.9 Å². The van der Waals surface area contributed by atoms with Crippen LogP contribution in [0.4, 0.5) is 5.13 Å². The predicted molar refractivity (Wildman–Crippen MR) is 159 cm³/mol. The van der Waals surface area contributed by atoms with Gasteiger partial charge in [-0.1, -0.05) is 58.4 Å². The summed E-state index contributed by atoms with van der Waals surface area (Å²) in [5, 5.41) is 16.0. The fourth-order valence-electron chi connectivity index (χ4n) is 3.77. The summed E-state index contributed by atoms with van der Waals surface area (Å²) >= 11 is 14.8. The Bertz CT molecular complexity index is 1640. The molecule has 0 fully saturated rings. The predicted octanol–water partition coefficient (Wildman–Crippen LogP) is 6.24. The number of hydrogen-bond acceptors (Lipinski definition) is 8. The van der Waals surface area contributed by atoms with E-state index in [2.05, 4.69) is 25.8 Å². The maximum absolute atomic E-state index is 12.8. The minimum absolute atomic E-state index is 0.0659. The minimum Gasteiger partial charge on any atom is -0.494 e. The Morgan fingerprint density at radius 3 is 2.60 bits per heavy atom. The number of halogens is 2. The van der Waals surface area contributed by atoms with Gasteiger partial charge in [0, 0.05) is 10.7 Å². The monoisotopic (exact) mass is 612 g/mol. The van der Waals surface area contributed by atoms with Gasteiger partial charge >= 0.3 is 0 Å². The summed E-state index contributed by atoms with van der Waals surface area (Å²) in [5.74, 6) is 0.662. The lowest BCUT2D eigenvalue weighted by Crippen LogP contribution is -2.25. The number of fused-ring (bicyclic) bond motifs is 1. The van der Waals surface area contributed by atoms with Crippen LogP contribution in [-0.2, 0) is 11.3 Å². The van der Waals surface area contributed by atoms with Gasteiger partial charge in [0.25, 0.3) is 5.91 Å². The topological polar surface area (TPSA) is 111 Å². The van der Waals surface area contributed by atoms with Gasteiger partial charge in [0.05, 0.1) is 39.7 Å². The third-order valence-corrected chi connectivity index (χ3v) is 7.99. The van der Waals surface area contributed by atoms with Gasteiger partial charge < -0.3 is 15.4 Å². The maximum Gasteiger partial charge on any atom is 0.253 e. The highest BCUT2D eigenvalue weighted by molar-refractivity contribution is 7.99. The summed E-state index contributed by atoms with van der Waals surface area (Å²) in [4.78, 5) is 30.0. The van der Waals surface area contributed by atoms with Crippen molar-refractivity contribution in [2.24, 2.45) is 0 Å². The SMILES string of the molecule is CCOc1ccc(-n2c(CNC(=O)c3ccc(Cl)cc3Cl)nnc2SCC(=O)Nc2nc3ccccc3s2)cc1. The molecule has 5 rings (SSSR count).